The molecule has 190 valence electrons. The molecule has 0 aromatic heterocycles. The van der Waals surface area contributed by atoms with Gasteiger partial charge in [0.25, 0.3) is 0 Å². The number of aliphatic hydroxyl groups is 1. The van der Waals surface area contributed by atoms with Crippen LogP contribution in [0, 0.1) is 5.92 Å². The molecule has 2 amide bonds. The number of nitrogens with one attached hydrogen (secondary N) is 1. The molecule has 0 radical (unpaired) electrons. The summed E-state index contributed by atoms with van der Waals surface area (Å²) in [6.07, 6.45) is 1.23. The number of carbonyl (C=O) groups is 3. The first-order valence-electron chi connectivity index (χ1n) is 11.6. The molecular formula is C25H31NO8S. The summed E-state index contributed by atoms with van der Waals surface area (Å²) >= 11 is 1.16. The molecule has 1 spiro atoms. The molecule has 1 unspecified atom stereocenters. The smallest absolute Gasteiger partial charge is 0.414 e. The standard InChI is InChI=1S/C25H31NO8S/c1-14(2)4-9-18-24(3,34-18)21-20(28)17(10-11-25(21)13-32-25)33-23(31)26-19(27)12-35-16-7-5-15(6-8-16)22(29)30/h4-8,17-18,20-21,28H,9-13H2,1-3H3,(H,29,30)(H,26,27,31)/t17-,18-,20-,21-,24?,25+/m1/s1. The molecule has 2 saturated heterocycles. The number of hydrogen-bond acceptors (Lipinski definition) is 8. The normalized spacial score (nSPS) is 33.0. The highest BCUT2D eigenvalue weighted by atomic mass is 32.2. The zero-order chi connectivity index (χ0) is 25.4. The van der Waals surface area contributed by atoms with Gasteiger partial charge in [-0.25, -0.2) is 9.59 Å². The van der Waals surface area contributed by atoms with Crippen LogP contribution < -0.4 is 5.32 Å². The maximum atomic E-state index is 12.4. The second kappa shape index (κ2) is 9.93. The summed E-state index contributed by atoms with van der Waals surface area (Å²) in [5, 5.41) is 22.3. The molecule has 1 saturated carbocycles. The number of alkyl carbamates (subject to hydrolysis) is 1. The van der Waals surface area contributed by atoms with Gasteiger partial charge in [0, 0.05) is 4.90 Å². The number of carbonyl (C=O) groups excluding carboxylic acids is 2. The lowest BCUT2D eigenvalue weighted by Gasteiger charge is -2.40. The Morgan fingerprint density at radius 3 is 2.54 bits per heavy atom. The van der Waals surface area contributed by atoms with E-state index in [9.17, 15) is 19.5 Å². The van der Waals surface area contributed by atoms with Gasteiger partial charge in [-0.05, 0) is 64.3 Å². The highest BCUT2D eigenvalue weighted by molar-refractivity contribution is 8.00. The zero-order valence-electron chi connectivity index (χ0n) is 20.0. The van der Waals surface area contributed by atoms with Crippen molar-refractivity contribution in [1.29, 1.82) is 0 Å². The number of thioether (sulfide) groups is 1. The fraction of sp³-hybridized carbons (Fsp3) is 0.560. The van der Waals surface area contributed by atoms with Crippen LogP contribution in [0.1, 0.15) is 50.4 Å². The van der Waals surface area contributed by atoms with E-state index in [2.05, 4.69) is 11.4 Å². The number of imide groups is 1. The maximum absolute atomic E-state index is 12.4. The number of epoxide rings is 2. The van der Waals surface area contributed by atoms with Crippen LogP contribution in [0.2, 0.25) is 0 Å². The SMILES string of the molecule is CC(C)=CC[C@H]1OC1(C)[C@H]1[C@H](O)[C@H](OC(=O)NC(=O)CSc2ccc(C(=O)O)cc2)CC[C@]12CO2. The Morgan fingerprint density at radius 2 is 1.94 bits per heavy atom. The summed E-state index contributed by atoms with van der Waals surface area (Å²) in [5.41, 5.74) is 0.330. The van der Waals surface area contributed by atoms with E-state index in [-0.39, 0.29) is 23.3 Å². The van der Waals surface area contributed by atoms with Gasteiger partial charge in [-0.1, -0.05) is 11.6 Å². The number of amides is 2. The molecule has 1 aromatic carbocycles. The molecule has 3 fully saturated rings. The van der Waals surface area contributed by atoms with Crippen molar-refractivity contribution >= 4 is 29.7 Å². The number of ether oxygens (including phenoxy) is 3. The van der Waals surface area contributed by atoms with Gasteiger partial charge in [0.05, 0.1) is 36.0 Å². The largest absolute Gasteiger partial charge is 0.478 e. The number of aromatic carboxylic acids is 1. The number of aliphatic hydroxyl groups excluding tert-OH is 1. The monoisotopic (exact) mass is 505 g/mol. The number of carboxylic acids is 1. The van der Waals surface area contributed by atoms with Gasteiger partial charge in [0.15, 0.2) is 0 Å². The van der Waals surface area contributed by atoms with E-state index < -0.39 is 41.4 Å². The Labute approximate surface area is 208 Å². The molecule has 4 rings (SSSR count). The van der Waals surface area contributed by atoms with Crippen LogP contribution in [0.5, 0.6) is 0 Å². The van der Waals surface area contributed by atoms with Crippen molar-refractivity contribution in [2.45, 2.75) is 74.4 Å². The van der Waals surface area contributed by atoms with Gasteiger partial charge >= 0.3 is 12.1 Å². The van der Waals surface area contributed by atoms with Crippen molar-refractivity contribution in [3.8, 4) is 0 Å². The van der Waals surface area contributed by atoms with Crippen molar-refractivity contribution in [2.24, 2.45) is 5.92 Å². The Morgan fingerprint density at radius 1 is 1.26 bits per heavy atom. The summed E-state index contributed by atoms with van der Waals surface area (Å²) in [6, 6.07) is 6.09. The molecular weight excluding hydrogens is 474 g/mol. The minimum atomic E-state index is -1.03. The minimum Gasteiger partial charge on any atom is -0.478 e. The topological polar surface area (TPSA) is 138 Å². The van der Waals surface area contributed by atoms with Gasteiger partial charge in [0.1, 0.15) is 17.3 Å². The fourth-order valence-corrected chi connectivity index (χ4v) is 5.67. The molecule has 35 heavy (non-hydrogen) atoms. The molecule has 6 atom stereocenters. The van der Waals surface area contributed by atoms with Crippen LogP contribution in [0.4, 0.5) is 4.79 Å². The third-order valence-corrected chi connectivity index (χ3v) is 7.98. The fourth-order valence-electron chi connectivity index (χ4n) is 4.98. The first-order valence-corrected chi connectivity index (χ1v) is 12.6. The van der Waals surface area contributed by atoms with E-state index in [0.717, 1.165) is 18.2 Å². The van der Waals surface area contributed by atoms with Gasteiger partial charge < -0.3 is 24.4 Å². The van der Waals surface area contributed by atoms with Gasteiger partial charge in [-0.15, -0.1) is 11.8 Å². The minimum absolute atomic E-state index is 0.0335. The van der Waals surface area contributed by atoms with Crippen molar-refractivity contribution in [1.82, 2.24) is 5.32 Å². The van der Waals surface area contributed by atoms with Crippen LogP contribution in [0.15, 0.2) is 40.8 Å². The highest BCUT2D eigenvalue weighted by Gasteiger charge is 2.71. The average Bonchev–Trinajstić information content (AvgIpc) is 3.71. The summed E-state index contributed by atoms with van der Waals surface area (Å²) in [6.45, 7) is 6.57. The Bertz CT molecular complexity index is 1020. The van der Waals surface area contributed by atoms with E-state index in [1.165, 1.54) is 17.7 Å². The average molecular weight is 506 g/mol. The van der Waals surface area contributed by atoms with Crippen molar-refractivity contribution < 1.29 is 38.8 Å². The molecule has 3 N–H and O–H groups in total. The summed E-state index contributed by atoms with van der Waals surface area (Å²) in [4.78, 5) is 36.2. The van der Waals surface area contributed by atoms with Gasteiger partial charge in [-0.3, -0.25) is 10.1 Å². The van der Waals surface area contributed by atoms with Crippen molar-refractivity contribution in [2.75, 3.05) is 12.4 Å². The Hall–Kier alpha value is -2.40. The van der Waals surface area contributed by atoms with Crippen LogP contribution in [0.3, 0.4) is 0 Å². The van der Waals surface area contributed by atoms with Gasteiger partial charge in [0.2, 0.25) is 5.91 Å². The lowest BCUT2D eigenvalue weighted by atomic mass is 9.68. The number of rotatable bonds is 8. The quantitative estimate of drug-likeness (QED) is 0.276. The van der Waals surface area contributed by atoms with E-state index in [4.69, 9.17) is 19.3 Å². The van der Waals surface area contributed by atoms with Crippen LogP contribution in [0.25, 0.3) is 0 Å². The summed E-state index contributed by atoms with van der Waals surface area (Å²) in [5.74, 6) is -1.96. The summed E-state index contributed by atoms with van der Waals surface area (Å²) < 4.78 is 17.3. The van der Waals surface area contributed by atoms with Crippen LogP contribution in [-0.2, 0) is 19.0 Å². The number of hydrogen-bond donors (Lipinski definition) is 3. The van der Waals surface area contributed by atoms with Crippen molar-refractivity contribution in [3.63, 3.8) is 0 Å². The van der Waals surface area contributed by atoms with E-state index >= 15 is 0 Å². The second-order valence-electron chi connectivity index (χ2n) is 9.78. The molecule has 2 heterocycles. The second-order valence-corrected chi connectivity index (χ2v) is 10.8. The molecule has 9 nitrogen and oxygen atoms in total. The Balaban J connectivity index is 1.29. The van der Waals surface area contributed by atoms with Crippen molar-refractivity contribution in [3.05, 3.63) is 41.5 Å². The third kappa shape index (κ3) is 5.72. The zero-order valence-corrected chi connectivity index (χ0v) is 20.8. The first kappa shape index (κ1) is 25.7. The lowest BCUT2D eigenvalue weighted by Crippen LogP contribution is -2.55. The number of allylic oxidation sites excluding steroid dienone is 1. The molecule has 10 heteroatoms. The summed E-state index contributed by atoms with van der Waals surface area (Å²) in [7, 11) is 0. The predicted octanol–water partition coefficient (Wildman–Crippen LogP) is 3.15. The van der Waals surface area contributed by atoms with E-state index in [0.29, 0.717) is 24.3 Å². The van der Waals surface area contributed by atoms with Crippen LogP contribution >= 0.6 is 11.8 Å². The number of carboxylic acid groups (broad SMARTS) is 1. The van der Waals surface area contributed by atoms with E-state index in [1.54, 1.807) is 12.1 Å². The predicted molar refractivity (Wildman–Crippen MR) is 127 cm³/mol. The molecule has 2 aliphatic heterocycles. The molecule has 3 aliphatic rings. The first-order chi connectivity index (χ1) is 16.5. The van der Waals surface area contributed by atoms with Crippen LogP contribution in [-0.4, -0.2) is 70.1 Å². The van der Waals surface area contributed by atoms with Gasteiger partial charge in [-0.2, -0.15) is 0 Å². The lowest BCUT2D eigenvalue weighted by molar-refractivity contribution is -0.120. The van der Waals surface area contributed by atoms with E-state index in [1.807, 2.05) is 20.8 Å². The Kier molecular flexibility index (Phi) is 7.28. The molecule has 1 aliphatic carbocycles. The maximum Gasteiger partial charge on any atom is 0.414 e. The molecule has 1 aromatic rings. The highest BCUT2D eigenvalue weighted by Crippen LogP contribution is 2.59. The molecule has 0 bridgehead atoms. The number of benzene rings is 1. The third-order valence-electron chi connectivity index (χ3n) is 6.96.